The van der Waals surface area contributed by atoms with Crippen molar-refractivity contribution in [2.75, 3.05) is 19.4 Å². The number of halogens is 2. The molecule has 1 spiro atoms. The minimum atomic E-state index is -4.13. The number of allylic oxidation sites excluding steroid dienone is 1. The zero-order valence-electron chi connectivity index (χ0n) is 39.1. The number of methoxy groups -OCH3 is 1. The summed E-state index contributed by atoms with van der Waals surface area (Å²) in [6.45, 7) is 10.9. The molecular weight excluding hydrogens is 899 g/mol. The van der Waals surface area contributed by atoms with Crippen LogP contribution in [0.1, 0.15) is 143 Å². The molecule has 66 heavy (non-hydrogen) atoms. The maximum Gasteiger partial charge on any atom is 0.307 e. The van der Waals surface area contributed by atoms with Crippen LogP contribution in [0.4, 0.5) is 8.78 Å². The molecule has 4 heterocycles. The summed E-state index contributed by atoms with van der Waals surface area (Å²) in [5, 5.41) is 2.29. The lowest BCUT2D eigenvalue weighted by Crippen LogP contribution is -2.57. The van der Waals surface area contributed by atoms with E-state index in [2.05, 4.69) is 10.0 Å². The quantitative estimate of drug-likeness (QED) is 0.173. The van der Waals surface area contributed by atoms with Crippen LogP contribution in [0.3, 0.4) is 0 Å². The SMILES string of the molecule is COc1ccc2nc(C(C)C)c3c(c2c1)C(F)(F)C[C@]1(C[C@H]2C(=O)N[C@]4(C(=O)NS(=O)(=O)C5(C)CC5)C[C@H]4/C=C\CCCCC[C@H](CC(=O)OC(C)(C)CCS(=O)(=O)C(C)C)C(=O)N2C1)O3. The van der Waals surface area contributed by atoms with Crippen LogP contribution in [0.25, 0.3) is 10.9 Å². The normalized spacial score (nSPS) is 28.0. The largest absolute Gasteiger partial charge is 0.497 e. The number of carbonyl (C=O) groups excluding carboxylic acids is 4. The zero-order valence-corrected chi connectivity index (χ0v) is 40.8. The second-order valence-corrected chi connectivity index (χ2v) is 25.5. The van der Waals surface area contributed by atoms with E-state index in [1.54, 1.807) is 59.8 Å². The Morgan fingerprint density at radius 2 is 1.77 bits per heavy atom. The highest BCUT2D eigenvalue weighted by atomic mass is 32.2. The van der Waals surface area contributed by atoms with Gasteiger partial charge in [-0.1, -0.05) is 38.8 Å². The monoisotopic (exact) mass is 962 g/mol. The van der Waals surface area contributed by atoms with Crippen LogP contribution >= 0.6 is 0 Å². The molecule has 1 aromatic carbocycles. The fraction of sp³-hybridized carbons (Fsp3) is 0.681. The Bertz CT molecular complexity index is 2540. The number of amides is 3. The second-order valence-electron chi connectivity index (χ2n) is 20.6. The van der Waals surface area contributed by atoms with Gasteiger partial charge in [0.2, 0.25) is 21.8 Å². The Labute approximate surface area is 386 Å². The van der Waals surface area contributed by atoms with Crippen molar-refractivity contribution in [2.24, 2.45) is 11.8 Å². The molecule has 0 bridgehead atoms. The molecule has 0 unspecified atom stereocenters. The first-order chi connectivity index (χ1) is 30.7. The number of rotatable bonds is 12. The number of aromatic nitrogens is 1. The highest BCUT2D eigenvalue weighted by Gasteiger charge is 2.65. The summed E-state index contributed by atoms with van der Waals surface area (Å²) in [4.78, 5) is 63.8. The van der Waals surface area contributed by atoms with Gasteiger partial charge in [0.05, 0.1) is 59.0 Å². The fourth-order valence-electron chi connectivity index (χ4n) is 9.52. The van der Waals surface area contributed by atoms with Crippen molar-refractivity contribution in [2.45, 2.75) is 170 Å². The third-order valence-electron chi connectivity index (χ3n) is 14.2. The van der Waals surface area contributed by atoms with E-state index in [1.165, 1.54) is 25.0 Å². The van der Waals surface area contributed by atoms with E-state index in [9.17, 15) is 31.2 Å². The smallest absolute Gasteiger partial charge is 0.307 e. The molecule has 15 nitrogen and oxygen atoms in total. The number of fused-ring (bicyclic) bond motifs is 5. The number of sulfone groups is 1. The fourth-order valence-corrected chi connectivity index (χ4v) is 12.1. The molecule has 2 aliphatic carbocycles. The lowest BCUT2D eigenvalue weighted by atomic mass is 9.83. The minimum absolute atomic E-state index is 0.00144. The van der Waals surface area contributed by atoms with Gasteiger partial charge in [0, 0.05) is 30.1 Å². The summed E-state index contributed by atoms with van der Waals surface area (Å²) in [7, 11) is -6.17. The van der Waals surface area contributed by atoms with Gasteiger partial charge in [-0.2, -0.15) is 0 Å². The number of pyridine rings is 1. The highest BCUT2D eigenvalue weighted by Crippen LogP contribution is 2.56. The molecule has 5 aliphatic rings. The van der Waals surface area contributed by atoms with Crippen LogP contribution in [-0.2, 0) is 49.7 Å². The minimum Gasteiger partial charge on any atom is -0.497 e. The first-order valence-electron chi connectivity index (χ1n) is 23.1. The predicted molar refractivity (Wildman–Crippen MR) is 242 cm³/mol. The maximum absolute atomic E-state index is 17.2. The van der Waals surface area contributed by atoms with Gasteiger partial charge in [0.25, 0.3) is 11.8 Å². The van der Waals surface area contributed by atoms with E-state index in [0.29, 0.717) is 49.8 Å². The van der Waals surface area contributed by atoms with Gasteiger partial charge in [-0.25, -0.2) is 30.6 Å². The van der Waals surface area contributed by atoms with E-state index in [4.69, 9.17) is 19.2 Å². The van der Waals surface area contributed by atoms with Crippen LogP contribution in [0, 0.1) is 11.8 Å². The number of nitrogens with zero attached hydrogens (tertiary/aromatic N) is 2. The molecular formula is C47H64F2N4O11S2. The van der Waals surface area contributed by atoms with Crippen LogP contribution in [0.15, 0.2) is 30.4 Å². The molecule has 3 aliphatic heterocycles. The van der Waals surface area contributed by atoms with E-state index >= 15 is 13.6 Å². The standard InChI is InChI=1S/C47H64F2N4O11S2/c1-28(2)38-39-37(33-23-32(62-8)16-17-34(33)50-38)47(48,49)26-45(64-39)25-35-40(55)51-46(42(57)52-66(60,61)44(7)18-19-44)24-31(46)15-13-11-9-10-12-14-30(41(56)53(35)27-45)22-36(54)63-43(5,6)20-21-65(58,59)29(3)4/h13,15-17,23,28-31,35H,9-12,14,18-22,24-27H2,1-8H3,(H,51,55)(H,52,57)/b15-13-/t30-,31-,35+,45+,46-/m1/s1. The lowest BCUT2D eigenvalue weighted by molar-refractivity contribution is -0.160. The van der Waals surface area contributed by atoms with Crippen LogP contribution in [0.2, 0.25) is 0 Å². The van der Waals surface area contributed by atoms with E-state index in [-0.39, 0.29) is 47.4 Å². The van der Waals surface area contributed by atoms with Gasteiger partial charge < -0.3 is 24.4 Å². The Morgan fingerprint density at radius 1 is 1.06 bits per heavy atom. The highest BCUT2D eigenvalue weighted by molar-refractivity contribution is 7.92. The number of ether oxygens (including phenoxy) is 3. The Hall–Kier alpha value is -4.39. The number of sulfonamides is 1. The summed E-state index contributed by atoms with van der Waals surface area (Å²) >= 11 is 0. The average Bonchev–Trinajstić information content (AvgIpc) is 4.12. The molecule has 2 aromatic rings. The van der Waals surface area contributed by atoms with Gasteiger partial charge in [-0.3, -0.25) is 23.9 Å². The van der Waals surface area contributed by atoms with Crippen molar-refractivity contribution in [3.05, 3.63) is 41.6 Å². The van der Waals surface area contributed by atoms with E-state index in [0.717, 1.165) is 0 Å². The van der Waals surface area contributed by atoms with E-state index < -0.39 is 126 Å². The molecule has 0 radical (unpaired) electrons. The Morgan fingerprint density at radius 3 is 2.42 bits per heavy atom. The van der Waals surface area contributed by atoms with Crippen molar-refractivity contribution in [1.29, 1.82) is 0 Å². The number of hydrogen-bond acceptors (Lipinski definition) is 12. The molecule has 3 fully saturated rings. The molecule has 1 aromatic heterocycles. The molecule has 1 saturated heterocycles. The molecule has 5 atom stereocenters. The summed E-state index contributed by atoms with van der Waals surface area (Å²) < 4.78 is 105. The van der Waals surface area contributed by atoms with Gasteiger partial charge >= 0.3 is 5.97 Å². The van der Waals surface area contributed by atoms with Gasteiger partial charge in [-0.05, 0) is 97.3 Å². The number of hydrogen-bond donors (Lipinski definition) is 2. The summed E-state index contributed by atoms with van der Waals surface area (Å²) in [6.07, 6.45) is 5.16. The first kappa shape index (κ1) is 49.5. The first-order valence-corrected chi connectivity index (χ1v) is 26.3. The molecule has 3 amide bonds. The van der Waals surface area contributed by atoms with Crippen molar-refractivity contribution in [3.63, 3.8) is 0 Å². The van der Waals surface area contributed by atoms with Crippen molar-refractivity contribution < 1.29 is 59.0 Å². The van der Waals surface area contributed by atoms with Crippen LogP contribution in [-0.4, -0.2) is 103 Å². The summed E-state index contributed by atoms with van der Waals surface area (Å²) in [5.74, 6) is -8.99. The third-order valence-corrected chi connectivity index (χ3v) is 18.6. The number of esters is 1. The second kappa shape index (κ2) is 17.6. The van der Waals surface area contributed by atoms with E-state index in [1.807, 2.05) is 6.08 Å². The third kappa shape index (κ3) is 9.79. The van der Waals surface area contributed by atoms with Crippen molar-refractivity contribution >= 4 is 54.5 Å². The van der Waals surface area contributed by atoms with Crippen molar-refractivity contribution in [3.8, 4) is 11.5 Å². The Balaban J connectivity index is 1.26. The Kier molecular flexibility index (Phi) is 13.2. The van der Waals surface area contributed by atoms with Crippen LogP contribution < -0.4 is 19.5 Å². The molecule has 364 valence electrons. The van der Waals surface area contributed by atoms with Crippen LogP contribution in [0.5, 0.6) is 11.5 Å². The number of carbonyl (C=O) groups is 4. The summed E-state index contributed by atoms with van der Waals surface area (Å²) in [6, 6.07) is 3.19. The predicted octanol–water partition coefficient (Wildman–Crippen LogP) is 6.52. The molecule has 2 saturated carbocycles. The summed E-state index contributed by atoms with van der Waals surface area (Å²) in [5.41, 5.74) is -4.64. The molecule has 7 rings (SSSR count). The zero-order chi connectivity index (χ0) is 48.4. The average molecular weight is 963 g/mol. The van der Waals surface area contributed by atoms with Gasteiger partial charge in [0.1, 0.15) is 28.5 Å². The topological polar surface area (TPSA) is 204 Å². The lowest BCUT2D eigenvalue weighted by Gasteiger charge is -2.41. The van der Waals surface area contributed by atoms with Gasteiger partial charge in [0.15, 0.2) is 15.6 Å². The maximum atomic E-state index is 17.2. The number of nitrogens with one attached hydrogen (secondary N) is 2. The molecule has 19 heteroatoms. The molecule has 2 N–H and O–H groups in total. The number of alkyl halides is 2. The van der Waals surface area contributed by atoms with Crippen molar-refractivity contribution in [1.82, 2.24) is 19.9 Å². The number of benzene rings is 1. The van der Waals surface area contributed by atoms with Gasteiger partial charge in [-0.15, -0.1) is 0 Å².